The van der Waals surface area contributed by atoms with Gasteiger partial charge < -0.3 is 14.7 Å². The molecule has 2 amide bonds. The third kappa shape index (κ3) is 4.41. The number of aryl methyl sites for hydroxylation is 2. The SMILES string of the molecule is Cc1ccc(-c2cc(CN(C(=O)NC(C)(C)C)C3CC3)no2)cc1C. The van der Waals surface area contributed by atoms with Gasteiger partial charge in [-0.05, 0) is 64.7 Å². The fourth-order valence-electron chi connectivity index (χ4n) is 2.74. The first-order chi connectivity index (χ1) is 11.7. The standard InChI is InChI=1S/C20H27N3O2/c1-13-6-7-15(10-14(13)2)18-11-16(22-25-18)12-23(17-8-9-17)19(24)21-20(3,4)5/h6-7,10-11,17H,8-9,12H2,1-5H3,(H,21,24). The Morgan fingerprint density at radius 2 is 1.96 bits per heavy atom. The van der Waals surface area contributed by atoms with Crippen molar-refractivity contribution in [3.63, 3.8) is 0 Å². The Morgan fingerprint density at radius 1 is 1.24 bits per heavy atom. The van der Waals surface area contributed by atoms with E-state index in [4.69, 9.17) is 4.52 Å². The van der Waals surface area contributed by atoms with Gasteiger partial charge in [0.1, 0.15) is 5.69 Å². The Labute approximate surface area is 149 Å². The molecule has 5 heteroatoms. The topological polar surface area (TPSA) is 58.4 Å². The molecule has 0 atom stereocenters. The molecule has 3 rings (SSSR count). The lowest BCUT2D eigenvalue weighted by Gasteiger charge is -2.27. The van der Waals surface area contributed by atoms with Gasteiger partial charge in [-0.3, -0.25) is 0 Å². The average Bonchev–Trinajstić information content (AvgIpc) is 3.24. The van der Waals surface area contributed by atoms with Crippen LogP contribution in [0.15, 0.2) is 28.8 Å². The third-order valence-corrected chi connectivity index (χ3v) is 4.41. The third-order valence-electron chi connectivity index (χ3n) is 4.41. The molecule has 1 aliphatic carbocycles. The van der Waals surface area contributed by atoms with Gasteiger partial charge in [-0.1, -0.05) is 17.3 Å². The lowest BCUT2D eigenvalue weighted by atomic mass is 10.0. The van der Waals surface area contributed by atoms with E-state index < -0.39 is 0 Å². The van der Waals surface area contributed by atoms with Gasteiger partial charge >= 0.3 is 6.03 Å². The van der Waals surface area contributed by atoms with Crippen LogP contribution in [-0.4, -0.2) is 27.7 Å². The van der Waals surface area contributed by atoms with Gasteiger partial charge in [-0.25, -0.2) is 4.79 Å². The van der Waals surface area contributed by atoms with E-state index in [0.29, 0.717) is 12.6 Å². The monoisotopic (exact) mass is 341 g/mol. The summed E-state index contributed by atoms with van der Waals surface area (Å²) < 4.78 is 5.52. The molecule has 0 saturated heterocycles. The molecule has 0 unspecified atom stereocenters. The fourth-order valence-corrected chi connectivity index (χ4v) is 2.74. The minimum atomic E-state index is -0.251. The van der Waals surface area contributed by atoms with E-state index in [1.807, 2.05) is 37.8 Å². The predicted molar refractivity (Wildman–Crippen MR) is 98.3 cm³/mol. The summed E-state index contributed by atoms with van der Waals surface area (Å²) in [6, 6.07) is 8.43. The van der Waals surface area contributed by atoms with Crippen LogP contribution in [-0.2, 0) is 6.54 Å². The van der Waals surface area contributed by atoms with Gasteiger partial charge in [-0.2, -0.15) is 0 Å². The number of nitrogens with zero attached hydrogens (tertiary/aromatic N) is 2. The van der Waals surface area contributed by atoms with E-state index in [0.717, 1.165) is 29.9 Å². The van der Waals surface area contributed by atoms with Gasteiger partial charge in [0.15, 0.2) is 5.76 Å². The van der Waals surface area contributed by atoms with Crippen LogP contribution in [0.1, 0.15) is 50.4 Å². The second-order valence-corrected chi connectivity index (χ2v) is 8.02. The summed E-state index contributed by atoms with van der Waals surface area (Å²) in [4.78, 5) is 14.4. The minimum absolute atomic E-state index is 0.0364. The summed E-state index contributed by atoms with van der Waals surface area (Å²) in [7, 11) is 0. The number of hydrogen-bond acceptors (Lipinski definition) is 3. The Morgan fingerprint density at radius 3 is 2.56 bits per heavy atom. The second-order valence-electron chi connectivity index (χ2n) is 8.02. The number of hydrogen-bond donors (Lipinski definition) is 1. The zero-order valence-electron chi connectivity index (χ0n) is 15.7. The van der Waals surface area contributed by atoms with E-state index in [9.17, 15) is 4.79 Å². The molecule has 1 N–H and O–H groups in total. The Kier molecular flexibility index (Phi) is 4.58. The Bertz CT molecular complexity index is 769. The van der Waals surface area contributed by atoms with Crippen LogP contribution in [0.4, 0.5) is 4.79 Å². The van der Waals surface area contributed by atoms with E-state index in [1.54, 1.807) is 0 Å². The average molecular weight is 341 g/mol. The first-order valence-electron chi connectivity index (χ1n) is 8.85. The molecule has 1 aromatic carbocycles. The first kappa shape index (κ1) is 17.5. The van der Waals surface area contributed by atoms with Crippen molar-refractivity contribution in [3.05, 3.63) is 41.1 Å². The zero-order valence-corrected chi connectivity index (χ0v) is 15.7. The smallest absolute Gasteiger partial charge is 0.318 e. The van der Waals surface area contributed by atoms with Crippen LogP contribution in [0.25, 0.3) is 11.3 Å². The maximum absolute atomic E-state index is 12.6. The maximum atomic E-state index is 12.6. The quantitative estimate of drug-likeness (QED) is 0.895. The summed E-state index contributed by atoms with van der Waals surface area (Å²) in [5.41, 5.74) is 4.02. The predicted octanol–water partition coefficient (Wildman–Crippen LogP) is 4.43. The summed E-state index contributed by atoms with van der Waals surface area (Å²) in [6.45, 7) is 10.6. The van der Waals surface area contributed by atoms with Crippen LogP contribution in [0.3, 0.4) is 0 Å². The van der Waals surface area contributed by atoms with Crippen molar-refractivity contribution in [3.8, 4) is 11.3 Å². The largest absolute Gasteiger partial charge is 0.356 e. The van der Waals surface area contributed by atoms with Gasteiger partial charge in [0, 0.05) is 23.2 Å². The molecule has 134 valence electrons. The highest BCUT2D eigenvalue weighted by atomic mass is 16.5. The zero-order chi connectivity index (χ0) is 18.2. The van der Waals surface area contributed by atoms with E-state index >= 15 is 0 Å². The van der Waals surface area contributed by atoms with Crippen molar-refractivity contribution < 1.29 is 9.32 Å². The number of urea groups is 1. The molecule has 1 saturated carbocycles. The number of amides is 2. The number of carbonyl (C=O) groups excluding carboxylic acids is 1. The van der Waals surface area contributed by atoms with Crippen molar-refractivity contribution >= 4 is 6.03 Å². The van der Waals surface area contributed by atoms with Crippen molar-refractivity contribution in [2.75, 3.05) is 0 Å². The van der Waals surface area contributed by atoms with E-state index in [-0.39, 0.29) is 11.6 Å². The van der Waals surface area contributed by atoms with Crippen LogP contribution in [0.5, 0.6) is 0 Å². The molecule has 1 aromatic heterocycles. The van der Waals surface area contributed by atoms with Gasteiger partial charge in [0.25, 0.3) is 0 Å². The van der Waals surface area contributed by atoms with Crippen LogP contribution >= 0.6 is 0 Å². The fraction of sp³-hybridized carbons (Fsp3) is 0.500. The van der Waals surface area contributed by atoms with Crippen molar-refractivity contribution in [1.29, 1.82) is 0 Å². The molecule has 5 nitrogen and oxygen atoms in total. The molecule has 0 aliphatic heterocycles. The van der Waals surface area contributed by atoms with Crippen LogP contribution in [0.2, 0.25) is 0 Å². The number of nitrogens with one attached hydrogen (secondary N) is 1. The van der Waals surface area contributed by atoms with Gasteiger partial charge in [0.2, 0.25) is 0 Å². The molecule has 2 aromatic rings. The van der Waals surface area contributed by atoms with Crippen molar-refractivity contribution in [1.82, 2.24) is 15.4 Å². The highest BCUT2D eigenvalue weighted by Gasteiger charge is 2.34. The molecular formula is C20H27N3O2. The minimum Gasteiger partial charge on any atom is -0.356 e. The molecular weight excluding hydrogens is 314 g/mol. The Hall–Kier alpha value is -2.30. The number of carbonyl (C=O) groups is 1. The molecule has 0 bridgehead atoms. The maximum Gasteiger partial charge on any atom is 0.318 e. The lowest BCUT2D eigenvalue weighted by Crippen LogP contribution is -2.49. The van der Waals surface area contributed by atoms with Crippen LogP contribution < -0.4 is 5.32 Å². The first-order valence-corrected chi connectivity index (χ1v) is 8.85. The highest BCUT2D eigenvalue weighted by molar-refractivity contribution is 5.75. The van der Waals surface area contributed by atoms with Crippen LogP contribution in [0, 0.1) is 13.8 Å². The molecule has 1 heterocycles. The highest BCUT2D eigenvalue weighted by Crippen LogP contribution is 2.30. The molecule has 1 fully saturated rings. The number of benzene rings is 1. The molecule has 0 spiro atoms. The molecule has 0 radical (unpaired) electrons. The van der Waals surface area contributed by atoms with E-state index in [2.05, 4.69) is 36.5 Å². The molecule has 1 aliphatic rings. The van der Waals surface area contributed by atoms with Gasteiger partial charge in [0.05, 0.1) is 6.54 Å². The van der Waals surface area contributed by atoms with Gasteiger partial charge in [-0.15, -0.1) is 0 Å². The summed E-state index contributed by atoms with van der Waals surface area (Å²) in [5, 5.41) is 7.22. The summed E-state index contributed by atoms with van der Waals surface area (Å²) in [5.74, 6) is 0.741. The Balaban J connectivity index is 1.74. The van der Waals surface area contributed by atoms with E-state index in [1.165, 1.54) is 11.1 Å². The normalized spacial score (nSPS) is 14.4. The molecule has 25 heavy (non-hydrogen) atoms. The number of rotatable bonds is 4. The number of aromatic nitrogens is 1. The summed E-state index contributed by atoms with van der Waals surface area (Å²) >= 11 is 0. The van der Waals surface area contributed by atoms with Crippen molar-refractivity contribution in [2.24, 2.45) is 0 Å². The van der Waals surface area contributed by atoms with Crippen molar-refractivity contribution in [2.45, 2.75) is 65.6 Å². The summed E-state index contributed by atoms with van der Waals surface area (Å²) in [6.07, 6.45) is 2.11. The second kappa shape index (κ2) is 6.54. The lowest BCUT2D eigenvalue weighted by molar-refractivity contribution is 0.181.